The van der Waals surface area contributed by atoms with E-state index >= 15 is 0 Å². The Labute approximate surface area is 187 Å². The molecule has 2 N–H and O–H groups in total. The molecule has 3 aromatic rings. The third-order valence-electron chi connectivity index (χ3n) is 6.69. The van der Waals surface area contributed by atoms with Crippen LogP contribution in [0.25, 0.3) is 22.0 Å². The Morgan fingerprint density at radius 3 is 2.87 bits per heavy atom. The van der Waals surface area contributed by atoms with Crippen molar-refractivity contribution in [3.8, 4) is 11.1 Å². The SMILES string of the molecule is [2H]C([2H])([2H])n1cc(-c2cc(CCN[SH](=O)=O)ccc2N2CCCC3(CC3)C2)c2cc[nH]c2c1=O. The molecule has 1 aliphatic carbocycles. The van der Waals surface area contributed by atoms with E-state index in [9.17, 15) is 13.2 Å². The number of aromatic amines is 1. The number of hydrogen-bond acceptors (Lipinski definition) is 4. The van der Waals surface area contributed by atoms with Gasteiger partial charge in [-0.25, -0.2) is 13.1 Å². The lowest BCUT2D eigenvalue weighted by Gasteiger charge is -2.36. The van der Waals surface area contributed by atoms with E-state index in [1.807, 2.05) is 18.2 Å². The van der Waals surface area contributed by atoms with Crippen LogP contribution in [0.3, 0.4) is 0 Å². The molecule has 0 bridgehead atoms. The second kappa shape index (κ2) is 7.84. The molecule has 1 saturated carbocycles. The topological polar surface area (TPSA) is 87.2 Å². The molecule has 2 aromatic heterocycles. The second-order valence-corrected chi connectivity index (χ2v) is 9.61. The average molecular weight is 444 g/mol. The van der Waals surface area contributed by atoms with Crippen LogP contribution in [0.2, 0.25) is 0 Å². The molecule has 0 radical (unpaired) electrons. The van der Waals surface area contributed by atoms with Crippen molar-refractivity contribution in [3.05, 3.63) is 52.6 Å². The van der Waals surface area contributed by atoms with Crippen molar-refractivity contribution in [1.82, 2.24) is 14.3 Å². The first-order valence-corrected chi connectivity index (χ1v) is 11.8. The summed E-state index contributed by atoms with van der Waals surface area (Å²) in [6.45, 7) is -0.456. The average Bonchev–Trinajstić information content (AvgIpc) is 3.31. The molecule has 1 aliphatic heterocycles. The molecular formula is C23H28N4O3S. The summed E-state index contributed by atoms with van der Waals surface area (Å²) in [5.74, 6) is 0. The van der Waals surface area contributed by atoms with Gasteiger partial charge in [0, 0.05) is 65.3 Å². The zero-order valence-electron chi connectivity index (χ0n) is 20.2. The van der Waals surface area contributed by atoms with E-state index in [-0.39, 0.29) is 12.1 Å². The molecule has 2 aliphatic rings. The summed E-state index contributed by atoms with van der Waals surface area (Å²) in [6.07, 6.45) is 8.41. The van der Waals surface area contributed by atoms with Crippen LogP contribution in [0.4, 0.5) is 5.69 Å². The molecule has 31 heavy (non-hydrogen) atoms. The highest BCUT2D eigenvalue weighted by Gasteiger charge is 2.45. The first-order chi connectivity index (χ1) is 16.2. The first-order valence-electron chi connectivity index (χ1n) is 12.2. The Morgan fingerprint density at radius 1 is 1.23 bits per heavy atom. The van der Waals surface area contributed by atoms with E-state index in [0.717, 1.165) is 40.9 Å². The number of piperidine rings is 1. The van der Waals surface area contributed by atoms with Crippen molar-refractivity contribution < 1.29 is 12.5 Å². The minimum Gasteiger partial charge on any atom is -0.370 e. The van der Waals surface area contributed by atoms with Gasteiger partial charge in [-0.1, -0.05) is 6.07 Å². The van der Waals surface area contributed by atoms with Crippen molar-refractivity contribution in [2.24, 2.45) is 12.4 Å². The maximum Gasteiger partial charge on any atom is 0.274 e. The summed E-state index contributed by atoms with van der Waals surface area (Å²) in [5.41, 5.74) is 3.52. The summed E-state index contributed by atoms with van der Waals surface area (Å²) in [5, 5.41) is 0.669. The van der Waals surface area contributed by atoms with Crippen LogP contribution < -0.4 is 15.2 Å². The minimum absolute atomic E-state index is 0.257. The molecular weight excluding hydrogens is 412 g/mol. The summed E-state index contributed by atoms with van der Waals surface area (Å²) in [6, 6.07) is 7.85. The van der Waals surface area contributed by atoms with Gasteiger partial charge in [-0.15, -0.1) is 0 Å². The number of nitrogens with one attached hydrogen (secondary N) is 2. The molecule has 1 aromatic carbocycles. The number of H-pyrrole nitrogens is 1. The highest BCUT2D eigenvalue weighted by molar-refractivity contribution is 7.70. The Morgan fingerprint density at radius 2 is 2.10 bits per heavy atom. The number of nitrogens with zero attached hydrogens (tertiary/aromatic N) is 2. The van der Waals surface area contributed by atoms with Gasteiger partial charge in [-0.3, -0.25) is 4.79 Å². The standard InChI is InChI=1S/C23H28N4O3S/c1-26-14-19(17-6-10-24-21(17)22(26)28)18-13-16(5-11-25-31(29)30)3-4-20(18)27-12-2-7-23(15-27)8-9-23/h3-4,6,10,13-14,24,31H,2,5,7-9,11-12,15H2,1H3,(H,25,29,30)/i1D3. The predicted molar refractivity (Wildman–Crippen MR) is 124 cm³/mol. The largest absolute Gasteiger partial charge is 0.370 e. The molecule has 0 unspecified atom stereocenters. The van der Waals surface area contributed by atoms with Gasteiger partial charge in [-0.2, -0.15) is 0 Å². The van der Waals surface area contributed by atoms with E-state index in [1.54, 1.807) is 12.3 Å². The Hall–Kier alpha value is -2.58. The third kappa shape index (κ3) is 3.90. The second-order valence-electron chi connectivity index (χ2n) is 8.78. The van der Waals surface area contributed by atoms with Crippen LogP contribution in [-0.4, -0.2) is 37.6 Å². The van der Waals surface area contributed by atoms with E-state index in [1.165, 1.54) is 25.5 Å². The summed E-state index contributed by atoms with van der Waals surface area (Å²) >= 11 is 0. The van der Waals surface area contributed by atoms with Crippen molar-refractivity contribution in [2.45, 2.75) is 32.1 Å². The van der Waals surface area contributed by atoms with Gasteiger partial charge < -0.3 is 14.5 Å². The number of benzene rings is 1. The summed E-state index contributed by atoms with van der Waals surface area (Å²) in [4.78, 5) is 18.2. The predicted octanol–water partition coefficient (Wildman–Crippen LogP) is 2.57. The van der Waals surface area contributed by atoms with Crippen molar-refractivity contribution in [3.63, 3.8) is 0 Å². The van der Waals surface area contributed by atoms with Gasteiger partial charge in [0.25, 0.3) is 5.56 Å². The molecule has 1 saturated heterocycles. The van der Waals surface area contributed by atoms with E-state index in [0.29, 0.717) is 22.8 Å². The number of aromatic nitrogens is 2. The van der Waals surface area contributed by atoms with Gasteiger partial charge in [-0.05, 0) is 61.3 Å². The highest BCUT2D eigenvalue weighted by Crippen LogP contribution is 2.53. The molecule has 1 spiro atoms. The lowest BCUT2D eigenvalue weighted by Crippen LogP contribution is -2.36. The summed E-state index contributed by atoms with van der Waals surface area (Å²) < 4.78 is 48.8. The highest BCUT2D eigenvalue weighted by atomic mass is 32.2. The lowest BCUT2D eigenvalue weighted by molar-refractivity contribution is 0.395. The molecule has 0 atom stereocenters. The number of pyridine rings is 1. The fourth-order valence-corrected chi connectivity index (χ4v) is 5.18. The molecule has 0 amide bonds. The molecule has 3 heterocycles. The normalized spacial score (nSPS) is 19.5. The fraction of sp³-hybridized carbons (Fsp3) is 0.435. The summed E-state index contributed by atoms with van der Waals surface area (Å²) in [7, 11) is -2.67. The zero-order valence-corrected chi connectivity index (χ0v) is 18.1. The van der Waals surface area contributed by atoms with Gasteiger partial charge in [0.1, 0.15) is 5.52 Å². The minimum atomic E-state index is -2.67. The maximum absolute atomic E-state index is 12.9. The molecule has 5 rings (SSSR count). The number of thiol groups is 1. The number of rotatable bonds is 6. The molecule has 7 nitrogen and oxygen atoms in total. The number of fused-ring (bicyclic) bond motifs is 1. The molecule has 8 heteroatoms. The Balaban J connectivity index is 1.66. The van der Waals surface area contributed by atoms with Gasteiger partial charge >= 0.3 is 0 Å². The molecule has 164 valence electrons. The van der Waals surface area contributed by atoms with Crippen molar-refractivity contribution in [1.29, 1.82) is 0 Å². The lowest BCUT2D eigenvalue weighted by atomic mass is 9.92. The van der Waals surface area contributed by atoms with Crippen LogP contribution in [0.1, 0.15) is 35.4 Å². The van der Waals surface area contributed by atoms with Gasteiger partial charge in [0.05, 0.1) is 0 Å². The maximum atomic E-state index is 12.9. The van der Waals surface area contributed by atoms with Crippen LogP contribution in [-0.2, 0) is 24.3 Å². The Kier molecular flexibility index (Phi) is 4.31. The fourth-order valence-electron chi connectivity index (χ4n) is 4.88. The van der Waals surface area contributed by atoms with E-state index < -0.39 is 23.4 Å². The first kappa shape index (κ1) is 17.0. The van der Waals surface area contributed by atoms with Gasteiger partial charge in [0.2, 0.25) is 10.9 Å². The number of anilines is 1. The van der Waals surface area contributed by atoms with Crippen LogP contribution in [0.15, 0.2) is 41.5 Å². The molecule has 2 fully saturated rings. The number of aryl methyl sites for hydroxylation is 1. The smallest absolute Gasteiger partial charge is 0.274 e. The van der Waals surface area contributed by atoms with Crippen LogP contribution in [0, 0.1) is 5.41 Å². The monoisotopic (exact) mass is 443 g/mol. The third-order valence-corrected chi connectivity index (χ3v) is 7.17. The zero-order chi connectivity index (χ0) is 24.1. The quantitative estimate of drug-likeness (QED) is 0.511. The van der Waals surface area contributed by atoms with Gasteiger partial charge in [0.15, 0.2) is 0 Å². The van der Waals surface area contributed by atoms with E-state index in [2.05, 4.69) is 14.6 Å². The van der Waals surface area contributed by atoms with Crippen molar-refractivity contribution >= 4 is 27.5 Å². The Bertz CT molecular complexity index is 1360. The van der Waals surface area contributed by atoms with E-state index in [4.69, 9.17) is 4.11 Å². The van der Waals surface area contributed by atoms with Crippen LogP contribution in [0.5, 0.6) is 0 Å². The van der Waals surface area contributed by atoms with Crippen LogP contribution >= 0.6 is 0 Å². The van der Waals surface area contributed by atoms with Crippen molar-refractivity contribution in [2.75, 3.05) is 24.5 Å². The number of hydrogen-bond donors (Lipinski definition) is 3.